The summed E-state index contributed by atoms with van der Waals surface area (Å²) in [7, 11) is 1.45. The summed E-state index contributed by atoms with van der Waals surface area (Å²) in [5.41, 5.74) is 2.40. The smallest absolute Gasteiger partial charge is 0.322 e. The number of nitrogens with one attached hydrogen (secondary N) is 2. The first-order valence-electron chi connectivity index (χ1n) is 11.7. The van der Waals surface area contributed by atoms with Crippen molar-refractivity contribution in [2.45, 2.75) is 19.5 Å². The van der Waals surface area contributed by atoms with Crippen molar-refractivity contribution in [1.29, 1.82) is 0 Å². The van der Waals surface area contributed by atoms with Crippen LogP contribution in [0.15, 0.2) is 60.7 Å². The maximum absolute atomic E-state index is 13.3. The lowest BCUT2D eigenvalue weighted by atomic mass is 10.1. The van der Waals surface area contributed by atoms with Gasteiger partial charge in [-0.2, -0.15) is 0 Å². The number of methoxy groups -OCH3 is 1. The van der Waals surface area contributed by atoms with Crippen LogP contribution in [0.4, 0.5) is 10.5 Å². The van der Waals surface area contributed by atoms with Crippen molar-refractivity contribution in [3.8, 4) is 23.0 Å². The van der Waals surface area contributed by atoms with Crippen LogP contribution in [0, 0.1) is 0 Å². The van der Waals surface area contributed by atoms with Crippen LogP contribution >= 0.6 is 0 Å². The molecule has 3 aromatic rings. The molecular weight excluding hydrogens is 494 g/mol. The summed E-state index contributed by atoms with van der Waals surface area (Å²) in [5.74, 6) is 0.0390. The SMILES string of the molecule is COc1cc(CN(Cc2ccc(C(=O)NCCC(=O)O)cc2)C(=O)Nc2ccc3c(c2)OCO3)ccc1O. The zero-order chi connectivity index (χ0) is 27.1. The number of phenols is 1. The zero-order valence-electron chi connectivity index (χ0n) is 20.6. The first kappa shape index (κ1) is 26.1. The van der Waals surface area contributed by atoms with Crippen molar-refractivity contribution < 1.29 is 38.8 Å². The highest BCUT2D eigenvalue weighted by molar-refractivity contribution is 5.94. The van der Waals surface area contributed by atoms with Gasteiger partial charge in [0.25, 0.3) is 5.91 Å². The summed E-state index contributed by atoms with van der Waals surface area (Å²) in [4.78, 5) is 37.8. The molecule has 0 fully saturated rings. The first-order valence-corrected chi connectivity index (χ1v) is 11.7. The van der Waals surface area contributed by atoms with E-state index in [1.54, 1.807) is 59.5 Å². The average molecular weight is 522 g/mol. The van der Waals surface area contributed by atoms with E-state index in [0.717, 1.165) is 11.1 Å². The van der Waals surface area contributed by atoms with Gasteiger partial charge in [-0.3, -0.25) is 9.59 Å². The highest BCUT2D eigenvalue weighted by Crippen LogP contribution is 2.34. The van der Waals surface area contributed by atoms with E-state index in [1.807, 2.05) is 0 Å². The maximum atomic E-state index is 13.3. The number of aromatic hydroxyl groups is 1. The molecule has 0 spiro atoms. The van der Waals surface area contributed by atoms with E-state index in [0.29, 0.717) is 22.7 Å². The minimum absolute atomic E-state index is 0.00942. The Hall–Kier alpha value is -4.93. The summed E-state index contributed by atoms with van der Waals surface area (Å²) in [6, 6.07) is 16.3. The Morgan fingerprint density at radius 1 is 0.947 bits per heavy atom. The number of fused-ring (bicyclic) bond motifs is 1. The third kappa shape index (κ3) is 6.64. The van der Waals surface area contributed by atoms with Crippen LogP contribution in [0.25, 0.3) is 0 Å². The molecule has 1 aliphatic heterocycles. The molecule has 11 heteroatoms. The molecule has 0 saturated carbocycles. The van der Waals surface area contributed by atoms with Crippen LogP contribution < -0.4 is 24.8 Å². The van der Waals surface area contributed by atoms with Crippen molar-refractivity contribution in [2.24, 2.45) is 0 Å². The van der Waals surface area contributed by atoms with Gasteiger partial charge < -0.3 is 40.0 Å². The number of urea groups is 1. The van der Waals surface area contributed by atoms with E-state index in [-0.39, 0.29) is 56.3 Å². The van der Waals surface area contributed by atoms with Crippen molar-refractivity contribution in [2.75, 3.05) is 25.8 Å². The fourth-order valence-corrected chi connectivity index (χ4v) is 3.78. The molecule has 3 amide bonds. The lowest BCUT2D eigenvalue weighted by Gasteiger charge is -2.24. The molecule has 3 aromatic carbocycles. The van der Waals surface area contributed by atoms with Crippen LogP contribution in [-0.4, -0.2) is 53.5 Å². The van der Waals surface area contributed by atoms with Gasteiger partial charge in [-0.1, -0.05) is 18.2 Å². The van der Waals surface area contributed by atoms with Crippen molar-refractivity contribution in [3.63, 3.8) is 0 Å². The third-order valence-electron chi connectivity index (χ3n) is 5.74. The molecule has 4 rings (SSSR count). The van der Waals surface area contributed by atoms with E-state index in [1.165, 1.54) is 13.2 Å². The maximum Gasteiger partial charge on any atom is 0.322 e. The highest BCUT2D eigenvalue weighted by Gasteiger charge is 2.19. The molecule has 198 valence electrons. The second-order valence-corrected chi connectivity index (χ2v) is 8.46. The number of aliphatic carboxylic acids is 1. The second kappa shape index (κ2) is 11.9. The fourth-order valence-electron chi connectivity index (χ4n) is 3.78. The Balaban J connectivity index is 1.50. The number of hydrogen-bond donors (Lipinski definition) is 4. The van der Waals surface area contributed by atoms with Gasteiger partial charge in [0.15, 0.2) is 23.0 Å². The van der Waals surface area contributed by atoms with Gasteiger partial charge in [0, 0.05) is 37.0 Å². The number of amides is 3. The summed E-state index contributed by atoms with van der Waals surface area (Å²) in [6.45, 7) is 0.555. The van der Waals surface area contributed by atoms with Crippen molar-refractivity contribution in [1.82, 2.24) is 10.2 Å². The second-order valence-electron chi connectivity index (χ2n) is 8.46. The van der Waals surface area contributed by atoms with Crippen LogP contribution in [0.3, 0.4) is 0 Å². The van der Waals surface area contributed by atoms with Crippen molar-refractivity contribution in [3.05, 3.63) is 77.4 Å². The number of rotatable bonds is 10. The molecule has 0 radical (unpaired) electrons. The number of anilines is 1. The molecule has 4 N–H and O–H groups in total. The van der Waals surface area contributed by atoms with E-state index in [2.05, 4.69) is 10.6 Å². The number of benzene rings is 3. The minimum Gasteiger partial charge on any atom is -0.504 e. The third-order valence-corrected chi connectivity index (χ3v) is 5.74. The van der Waals surface area contributed by atoms with Gasteiger partial charge in [0.05, 0.1) is 13.5 Å². The molecule has 1 heterocycles. The van der Waals surface area contributed by atoms with Gasteiger partial charge in [-0.15, -0.1) is 0 Å². The molecule has 0 atom stereocenters. The molecular formula is C27H27N3O8. The number of carboxylic acids is 1. The number of carboxylic acid groups (broad SMARTS) is 1. The van der Waals surface area contributed by atoms with Crippen LogP contribution in [0.5, 0.6) is 23.0 Å². The van der Waals surface area contributed by atoms with E-state index >= 15 is 0 Å². The number of hydrogen-bond acceptors (Lipinski definition) is 7. The standard InChI is InChI=1S/C27H27N3O8/c1-36-23-12-18(4-8-21(23)31)15-30(27(35)29-20-7-9-22-24(13-20)38-16-37-22)14-17-2-5-19(6-3-17)26(34)28-11-10-25(32)33/h2-9,12-13,31H,10-11,14-16H2,1H3,(H,28,34)(H,29,35)(H,32,33). The van der Waals surface area contributed by atoms with Gasteiger partial charge in [0.1, 0.15) is 0 Å². The topological polar surface area (TPSA) is 147 Å². The summed E-state index contributed by atoms with van der Waals surface area (Å²) in [5, 5.41) is 24.1. The van der Waals surface area contributed by atoms with E-state index in [4.69, 9.17) is 19.3 Å². The highest BCUT2D eigenvalue weighted by atomic mass is 16.7. The molecule has 1 aliphatic rings. The van der Waals surface area contributed by atoms with Gasteiger partial charge in [-0.05, 0) is 47.5 Å². The van der Waals surface area contributed by atoms with Gasteiger partial charge >= 0.3 is 12.0 Å². The number of phenolic OH excluding ortho intramolecular Hbond substituents is 1. The predicted octanol–water partition coefficient (Wildman–Crippen LogP) is 3.57. The first-order chi connectivity index (χ1) is 18.3. The summed E-state index contributed by atoms with van der Waals surface area (Å²) in [6.07, 6.45) is -0.167. The van der Waals surface area contributed by atoms with Crippen LogP contribution in [-0.2, 0) is 17.9 Å². The van der Waals surface area contributed by atoms with Crippen LogP contribution in [0.2, 0.25) is 0 Å². The summed E-state index contributed by atoms with van der Waals surface area (Å²) < 4.78 is 15.9. The number of ether oxygens (including phenoxy) is 3. The molecule has 38 heavy (non-hydrogen) atoms. The molecule has 0 bridgehead atoms. The lowest BCUT2D eigenvalue weighted by Crippen LogP contribution is -2.34. The van der Waals surface area contributed by atoms with Gasteiger partial charge in [0.2, 0.25) is 6.79 Å². The molecule has 0 aromatic heterocycles. The Morgan fingerprint density at radius 3 is 2.39 bits per heavy atom. The molecule has 0 saturated heterocycles. The van der Waals surface area contributed by atoms with Crippen molar-refractivity contribution >= 4 is 23.6 Å². The zero-order valence-corrected chi connectivity index (χ0v) is 20.6. The molecule has 0 aliphatic carbocycles. The minimum atomic E-state index is -0.994. The van der Waals surface area contributed by atoms with Crippen LogP contribution in [0.1, 0.15) is 27.9 Å². The molecule has 11 nitrogen and oxygen atoms in total. The normalized spacial score (nSPS) is 11.5. The Kier molecular flexibility index (Phi) is 8.17. The quantitative estimate of drug-likeness (QED) is 0.317. The number of carbonyl (C=O) groups excluding carboxylic acids is 2. The lowest BCUT2D eigenvalue weighted by molar-refractivity contribution is -0.136. The Labute approximate surface area is 218 Å². The summed E-state index contributed by atoms with van der Waals surface area (Å²) >= 11 is 0. The fraction of sp³-hybridized carbons (Fsp3) is 0.222. The van der Waals surface area contributed by atoms with Gasteiger partial charge in [-0.25, -0.2) is 4.79 Å². The monoisotopic (exact) mass is 521 g/mol. The number of carbonyl (C=O) groups is 3. The Bertz CT molecular complexity index is 1330. The predicted molar refractivity (Wildman–Crippen MR) is 137 cm³/mol. The molecule has 0 unspecified atom stereocenters. The number of nitrogens with zero attached hydrogens (tertiary/aromatic N) is 1. The largest absolute Gasteiger partial charge is 0.504 e. The Morgan fingerprint density at radius 2 is 1.66 bits per heavy atom. The van der Waals surface area contributed by atoms with E-state index < -0.39 is 5.97 Å². The average Bonchev–Trinajstić information content (AvgIpc) is 3.37. The van der Waals surface area contributed by atoms with E-state index in [9.17, 15) is 19.5 Å².